The minimum atomic E-state index is -0.918. The number of alkyl carbamates (subject to hydrolysis) is 2. The van der Waals surface area contributed by atoms with Crippen LogP contribution in [0.25, 0.3) is 44.8 Å². The smallest absolute Gasteiger partial charge is 0.407 e. The number of rotatable bonds is 11. The van der Waals surface area contributed by atoms with E-state index < -0.39 is 30.5 Å². The fraction of sp³-hybridized carbons (Fsp3) is 0.477. The number of ether oxygens (including phenoxy) is 3. The first-order valence-corrected chi connectivity index (χ1v) is 20.8. The van der Waals surface area contributed by atoms with E-state index in [-0.39, 0.29) is 29.8 Å². The lowest BCUT2D eigenvalue weighted by atomic mass is 10.0. The standard InChI is InChI=1S/C44H54N8O8/c1-23(2)36(49-43(55)57-5)41(53)51-16-7-9-32(51)39-45-21-30(47-39)25-12-14-34-29(19-25)27-15-18-59-35-20-26(11-13-28(35)38(27)60-34)31-22-46-40(48-31)33-10-8-17-52(33)42(54)37(24(3)4)50-44(56)58-6/h11-14,19-24,32-33,36-37,42,54H,7-10,15-18H2,1-6H3,(H,45,47)(H,46,48)(H,49,55)(H,50,56)/t32-,33-,36-,37-,42?/m0/s1. The van der Waals surface area contributed by atoms with Crippen molar-refractivity contribution in [3.63, 3.8) is 0 Å². The van der Waals surface area contributed by atoms with E-state index in [9.17, 15) is 19.5 Å². The van der Waals surface area contributed by atoms with Crippen LogP contribution in [0.15, 0.2) is 53.2 Å². The van der Waals surface area contributed by atoms with Gasteiger partial charge < -0.3 is 49.2 Å². The number of methoxy groups -OCH3 is 2. The predicted molar refractivity (Wildman–Crippen MR) is 223 cm³/mol. The molecule has 0 saturated carbocycles. The lowest BCUT2D eigenvalue weighted by Gasteiger charge is -2.35. The van der Waals surface area contributed by atoms with Gasteiger partial charge in [-0.25, -0.2) is 19.6 Å². The van der Waals surface area contributed by atoms with Gasteiger partial charge in [-0.3, -0.25) is 9.69 Å². The lowest BCUT2D eigenvalue weighted by molar-refractivity contribution is -0.135. The van der Waals surface area contributed by atoms with Crippen LogP contribution in [0, 0.1) is 11.8 Å². The van der Waals surface area contributed by atoms with Crippen molar-refractivity contribution in [2.24, 2.45) is 11.8 Å². The Labute approximate surface area is 348 Å². The second kappa shape index (κ2) is 17.0. The zero-order valence-electron chi connectivity index (χ0n) is 34.9. The number of hydrogen-bond acceptors (Lipinski definition) is 11. The summed E-state index contributed by atoms with van der Waals surface area (Å²) in [5.41, 5.74) is 6.20. The molecule has 0 aliphatic carbocycles. The number of furan rings is 1. The van der Waals surface area contributed by atoms with E-state index >= 15 is 0 Å². The molecule has 5 N–H and O–H groups in total. The molecule has 3 aliphatic heterocycles. The third-order valence-electron chi connectivity index (χ3n) is 12.1. The average Bonchev–Trinajstić information content (AvgIpc) is 4.10. The van der Waals surface area contributed by atoms with Crippen LogP contribution in [0.1, 0.15) is 82.7 Å². The summed E-state index contributed by atoms with van der Waals surface area (Å²) < 4.78 is 22.5. The molecule has 2 saturated heterocycles. The van der Waals surface area contributed by atoms with Gasteiger partial charge in [0, 0.05) is 41.6 Å². The second-order valence-electron chi connectivity index (χ2n) is 16.6. The van der Waals surface area contributed by atoms with E-state index in [0.717, 1.165) is 81.9 Å². The quantitative estimate of drug-likeness (QED) is 0.0950. The number of carbonyl (C=O) groups excluding carboxylic acids is 3. The van der Waals surface area contributed by atoms with Crippen LogP contribution in [-0.4, -0.2) is 105 Å². The molecule has 16 heteroatoms. The zero-order chi connectivity index (χ0) is 42.2. The summed E-state index contributed by atoms with van der Waals surface area (Å²) in [6.45, 7) is 9.42. The molecule has 2 fully saturated rings. The number of nitrogens with zero attached hydrogens (tertiary/aromatic N) is 4. The third kappa shape index (κ3) is 7.81. The Balaban J connectivity index is 1.01. The largest absolute Gasteiger partial charge is 0.492 e. The Morgan fingerprint density at radius 3 is 2.20 bits per heavy atom. The molecule has 0 bridgehead atoms. The van der Waals surface area contributed by atoms with E-state index in [1.165, 1.54) is 14.2 Å². The van der Waals surface area contributed by atoms with Gasteiger partial charge in [0.1, 0.15) is 41.0 Å². The molecular formula is C44H54N8O8. The van der Waals surface area contributed by atoms with E-state index in [0.29, 0.717) is 37.7 Å². The minimum Gasteiger partial charge on any atom is -0.492 e. The molecule has 3 amide bonds. The van der Waals surface area contributed by atoms with Crippen LogP contribution in [-0.2, 0) is 20.7 Å². The van der Waals surface area contributed by atoms with Crippen LogP contribution in [0.2, 0.25) is 0 Å². The molecule has 0 radical (unpaired) electrons. The highest BCUT2D eigenvalue weighted by atomic mass is 16.5. The fourth-order valence-electron chi connectivity index (χ4n) is 8.93. The number of aromatic nitrogens is 4. The SMILES string of the molecule is COC(=O)N[C@@H](C(C)C)C(O)N1CCC[C@H]1c1ncc(-c2ccc3c(c2)OCCc2c-3oc3ccc(-c4cnc([C@@H]5CCCN5C(=O)[C@@H](NC(=O)OC)C(C)C)[nH]4)cc23)[nH]1. The first-order chi connectivity index (χ1) is 28.9. The second-order valence-corrected chi connectivity index (χ2v) is 16.6. The number of fused-ring (bicyclic) bond motifs is 5. The van der Waals surface area contributed by atoms with Gasteiger partial charge in [0.2, 0.25) is 5.91 Å². The molecule has 3 aliphatic rings. The van der Waals surface area contributed by atoms with Crippen molar-refractivity contribution in [3.8, 4) is 39.6 Å². The molecule has 5 aromatic rings. The van der Waals surface area contributed by atoms with Gasteiger partial charge in [-0.05, 0) is 67.9 Å². The third-order valence-corrected chi connectivity index (χ3v) is 12.1. The Morgan fingerprint density at radius 1 is 0.850 bits per heavy atom. The number of imidazole rings is 2. The van der Waals surface area contributed by atoms with E-state index in [2.05, 4.69) is 26.7 Å². The number of amides is 3. The molecule has 5 atom stereocenters. The number of aliphatic hydroxyl groups excluding tert-OH is 1. The van der Waals surface area contributed by atoms with Crippen molar-refractivity contribution in [2.75, 3.05) is 33.9 Å². The summed E-state index contributed by atoms with van der Waals surface area (Å²) in [5, 5.41) is 17.9. The molecule has 1 unspecified atom stereocenters. The molecule has 2 aromatic carbocycles. The maximum absolute atomic E-state index is 13.7. The van der Waals surface area contributed by atoms with Crippen molar-refractivity contribution in [2.45, 2.75) is 90.2 Å². The van der Waals surface area contributed by atoms with E-state index in [4.69, 9.17) is 28.6 Å². The molecule has 60 heavy (non-hydrogen) atoms. The highest BCUT2D eigenvalue weighted by Gasteiger charge is 2.39. The summed E-state index contributed by atoms with van der Waals surface area (Å²) in [6, 6.07) is 10.6. The first-order valence-electron chi connectivity index (χ1n) is 20.8. The summed E-state index contributed by atoms with van der Waals surface area (Å²) >= 11 is 0. The monoisotopic (exact) mass is 822 g/mol. The Bertz CT molecular complexity index is 2370. The van der Waals surface area contributed by atoms with Gasteiger partial charge in [-0.15, -0.1) is 0 Å². The maximum atomic E-state index is 13.7. The number of benzene rings is 2. The van der Waals surface area contributed by atoms with Gasteiger partial charge in [-0.1, -0.05) is 33.8 Å². The molecule has 3 aromatic heterocycles. The number of nitrogens with one attached hydrogen (secondary N) is 4. The Morgan fingerprint density at radius 2 is 1.50 bits per heavy atom. The van der Waals surface area contributed by atoms with Crippen LogP contribution in [0.5, 0.6) is 5.75 Å². The molecule has 318 valence electrons. The molecule has 16 nitrogen and oxygen atoms in total. The lowest BCUT2D eigenvalue weighted by Crippen LogP contribution is -2.54. The van der Waals surface area contributed by atoms with E-state index in [1.807, 2.05) is 74.0 Å². The molecule has 6 heterocycles. The summed E-state index contributed by atoms with van der Waals surface area (Å²) in [5.74, 6) is 2.64. The van der Waals surface area contributed by atoms with E-state index in [1.54, 1.807) is 6.20 Å². The van der Waals surface area contributed by atoms with Crippen molar-refractivity contribution >= 4 is 29.1 Å². The van der Waals surface area contributed by atoms with Gasteiger partial charge in [0.25, 0.3) is 0 Å². The highest BCUT2D eigenvalue weighted by Crippen LogP contribution is 2.44. The molecular weight excluding hydrogens is 769 g/mol. The Hall–Kier alpha value is -5.87. The van der Waals surface area contributed by atoms with Gasteiger partial charge in [-0.2, -0.15) is 0 Å². The highest BCUT2D eigenvalue weighted by molar-refractivity contribution is 5.93. The maximum Gasteiger partial charge on any atom is 0.407 e. The number of aromatic amines is 2. The minimum absolute atomic E-state index is 0.0254. The molecule has 0 spiro atoms. The topological polar surface area (TPSA) is 200 Å². The van der Waals surface area contributed by atoms with Gasteiger partial charge >= 0.3 is 12.2 Å². The number of likely N-dealkylation sites (tertiary alicyclic amines) is 2. The van der Waals surface area contributed by atoms with Crippen LogP contribution >= 0.6 is 0 Å². The predicted octanol–water partition coefficient (Wildman–Crippen LogP) is 6.69. The number of carbonyl (C=O) groups is 3. The van der Waals surface area contributed by atoms with Crippen LogP contribution < -0.4 is 15.4 Å². The number of H-pyrrole nitrogens is 2. The average molecular weight is 823 g/mol. The molecule has 8 rings (SSSR count). The number of aliphatic hydroxyl groups is 1. The summed E-state index contributed by atoms with van der Waals surface area (Å²) in [4.78, 5) is 58.1. The van der Waals surface area contributed by atoms with Crippen LogP contribution in [0.4, 0.5) is 9.59 Å². The van der Waals surface area contributed by atoms with Crippen molar-refractivity contribution in [1.29, 1.82) is 0 Å². The zero-order valence-corrected chi connectivity index (χ0v) is 34.9. The van der Waals surface area contributed by atoms with Crippen LogP contribution in [0.3, 0.4) is 0 Å². The fourth-order valence-corrected chi connectivity index (χ4v) is 8.93. The number of hydrogen-bond donors (Lipinski definition) is 5. The first kappa shape index (κ1) is 40.9. The van der Waals surface area contributed by atoms with Crippen molar-refractivity contribution < 1.29 is 38.1 Å². The van der Waals surface area contributed by atoms with Crippen molar-refractivity contribution in [3.05, 3.63) is 66.0 Å². The van der Waals surface area contributed by atoms with Gasteiger partial charge in [0.05, 0.1) is 68.3 Å². The summed E-state index contributed by atoms with van der Waals surface area (Å²) in [7, 11) is 2.60. The van der Waals surface area contributed by atoms with Crippen molar-refractivity contribution in [1.82, 2.24) is 40.4 Å². The Kier molecular flexibility index (Phi) is 11.6. The normalized spacial score (nSPS) is 19.4. The summed E-state index contributed by atoms with van der Waals surface area (Å²) in [6.07, 6.45) is 5.44. The van der Waals surface area contributed by atoms with Gasteiger partial charge in [0.15, 0.2) is 0 Å².